The summed E-state index contributed by atoms with van der Waals surface area (Å²) in [5, 5.41) is 0.369. The molecule has 0 saturated carbocycles. The van der Waals surface area contributed by atoms with Gasteiger partial charge >= 0.3 is 5.97 Å². The Morgan fingerprint density at radius 1 is 1.50 bits per heavy atom. The van der Waals surface area contributed by atoms with Crippen LogP contribution in [-0.4, -0.2) is 17.4 Å². The summed E-state index contributed by atoms with van der Waals surface area (Å²) in [7, 11) is 0. The molecule has 84 valence electrons. The first-order chi connectivity index (χ1) is 7.44. The Morgan fingerprint density at radius 2 is 2.19 bits per heavy atom. The number of benzene rings is 1. The highest BCUT2D eigenvalue weighted by Crippen LogP contribution is 2.32. The van der Waals surface area contributed by atoms with Gasteiger partial charge < -0.3 is 4.74 Å². The summed E-state index contributed by atoms with van der Waals surface area (Å²) >= 11 is 5.92. The van der Waals surface area contributed by atoms with Crippen molar-refractivity contribution < 1.29 is 14.3 Å². The summed E-state index contributed by atoms with van der Waals surface area (Å²) in [5.41, 5.74) is 0.0822. The smallest absolute Gasteiger partial charge is 0.340 e. The second kappa shape index (κ2) is 3.59. The van der Waals surface area contributed by atoms with E-state index >= 15 is 0 Å². The lowest BCUT2D eigenvalue weighted by molar-refractivity contribution is -0.135. The monoisotopic (exact) mass is 238 g/mol. The van der Waals surface area contributed by atoms with Crippen LogP contribution in [0.1, 0.15) is 29.8 Å². The number of carbonyl (C=O) groups excluding carboxylic acids is 2. The number of hydrogen-bond acceptors (Lipinski definition) is 3. The molecule has 0 aliphatic carbocycles. The topological polar surface area (TPSA) is 43.4 Å². The van der Waals surface area contributed by atoms with Crippen LogP contribution in [0.2, 0.25) is 5.02 Å². The molecule has 0 radical (unpaired) electrons. The maximum Gasteiger partial charge on any atom is 0.340 e. The molecule has 1 aromatic carbocycles. The van der Waals surface area contributed by atoms with Crippen molar-refractivity contribution in [3.63, 3.8) is 0 Å². The third-order valence-electron chi connectivity index (χ3n) is 2.89. The number of ether oxygens (including phenoxy) is 1. The van der Waals surface area contributed by atoms with Crippen molar-refractivity contribution >= 4 is 23.4 Å². The molecule has 1 aliphatic rings. The Bertz CT molecular complexity index is 481. The van der Waals surface area contributed by atoms with Crippen molar-refractivity contribution in [2.24, 2.45) is 0 Å². The number of halogens is 1. The van der Waals surface area contributed by atoms with Gasteiger partial charge in [0.1, 0.15) is 0 Å². The Kier molecular flexibility index (Phi) is 2.50. The minimum absolute atomic E-state index is 0.161. The van der Waals surface area contributed by atoms with Crippen LogP contribution in [0.25, 0.3) is 0 Å². The molecule has 0 amide bonds. The van der Waals surface area contributed by atoms with Gasteiger partial charge in [0.25, 0.3) is 0 Å². The molecule has 0 aromatic heterocycles. The summed E-state index contributed by atoms with van der Waals surface area (Å²) in [6.45, 7) is 3.04. The van der Waals surface area contributed by atoms with Crippen LogP contribution in [0.5, 0.6) is 0 Å². The average molecular weight is 239 g/mol. The molecule has 1 unspecified atom stereocenters. The minimum atomic E-state index is -1.06. The maximum absolute atomic E-state index is 11.8. The Hall–Kier alpha value is -1.35. The molecule has 0 fully saturated rings. The molecule has 1 atom stereocenters. The zero-order chi connectivity index (χ0) is 11.9. The number of ketones is 1. The van der Waals surface area contributed by atoms with Gasteiger partial charge in [0.05, 0.1) is 10.6 Å². The van der Waals surface area contributed by atoms with Crippen LogP contribution in [0.4, 0.5) is 0 Å². The molecule has 0 bridgehead atoms. The molecule has 3 nitrogen and oxygen atoms in total. The highest BCUT2D eigenvalue weighted by Gasteiger charge is 2.40. The van der Waals surface area contributed by atoms with Crippen molar-refractivity contribution in [3.05, 3.63) is 34.3 Å². The molecular formula is C12H11ClO3. The predicted molar refractivity (Wildman–Crippen MR) is 59.7 cm³/mol. The summed E-state index contributed by atoms with van der Waals surface area (Å²) in [6, 6.07) is 5.20. The first kappa shape index (κ1) is 11.1. The normalized spacial score (nSPS) is 23.6. The van der Waals surface area contributed by atoms with Crippen molar-refractivity contribution in [2.45, 2.75) is 25.9 Å². The number of esters is 1. The number of cyclic esters (lactones) is 1. The summed E-state index contributed by atoms with van der Waals surface area (Å²) in [6.07, 6.45) is 0.379. The number of rotatable bonds is 1. The zero-order valence-electron chi connectivity index (χ0n) is 9.04. The van der Waals surface area contributed by atoms with E-state index in [0.29, 0.717) is 17.0 Å². The largest absolute Gasteiger partial charge is 0.447 e. The van der Waals surface area contributed by atoms with Gasteiger partial charge in [0.2, 0.25) is 0 Å². The summed E-state index contributed by atoms with van der Waals surface area (Å²) < 4.78 is 5.17. The zero-order valence-corrected chi connectivity index (χ0v) is 9.80. The van der Waals surface area contributed by atoms with E-state index in [9.17, 15) is 9.59 Å². The van der Waals surface area contributed by atoms with Crippen molar-refractivity contribution in [1.29, 1.82) is 0 Å². The Labute approximate surface area is 98.4 Å². The third kappa shape index (κ3) is 1.61. The fraction of sp³-hybridized carbons (Fsp3) is 0.333. The lowest BCUT2D eigenvalue weighted by Crippen LogP contribution is -2.44. The second-order valence-electron chi connectivity index (χ2n) is 4.13. The molecule has 0 spiro atoms. The van der Waals surface area contributed by atoms with Gasteiger partial charge in [-0.2, -0.15) is 0 Å². The van der Waals surface area contributed by atoms with Crippen molar-refractivity contribution in [3.8, 4) is 0 Å². The van der Waals surface area contributed by atoms with Gasteiger partial charge in [0.15, 0.2) is 11.4 Å². The second-order valence-corrected chi connectivity index (χ2v) is 4.53. The number of hydrogen-bond donors (Lipinski definition) is 0. The van der Waals surface area contributed by atoms with Crippen molar-refractivity contribution in [2.75, 3.05) is 0 Å². The van der Waals surface area contributed by atoms with Gasteiger partial charge in [-0.3, -0.25) is 4.79 Å². The first-order valence-electron chi connectivity index (χ1n) is 4.96. The summed E-state index contributed by atoms with van der Waals surface area (Å²) in [5.74, 6) is -0.684. The van der Waals surface area contributed by atoms with Crippen LogP contribution in [0.3, 0.4) is 0 Å². The van der Waals surface area contributed by atoms with E-state index in [2.05, 4.69) is 0 Å². The molecule has 0 N–H and O–H groups in total. The fourth-order valence-electron chi connectivity index (χ4n) is 1.80. The van der Waals surface area contributed by atoms with E-state index in [1.54, 1.807) is 25.1 Å². The van der Waals surface area contributed by atoms with Gasteiger partial charge in [-0.15, -0.1) is 0 Å². The lowest BCUT2D eigenvalue weighted by Gasteiger charge is -2.32. The van der Waals surface area contributed by atoms with Crippen LogP contribution >= 0.6 is 11.6 Å². The molecular weight excluding hydrogens is 228 g/mol. The Balaban J connectivity index is 2.53. The van der Waals surface area contributed by atoms with E-state index in [4.69, 9.17) is 16.3 Å². The van der Waals surface area contributed by atoms with Gasteiger partial charge in [0, 0.05) is 6.42 Å². The van der Waals surface area contributed by atoms with E-state index in [1.165, 1.54) is 6.92 Å². The molecule has 2 rings (SSSR count). The quantitative estimate of drug-likeness (QED) is 0.706. The SMILES string of the molecule is CC(=O)C1(C)Cc2cccc(Cl)c2C(=O)O1. The maximum atomic E-state index is 11.8. The van der Waals surface area contributed by atoms with Crippen molar-refractivity contribution in [1.82, 2.24) is 0 Å². The predicted octanol–water partition coefficient (Wildman–Crippen LogP) is 2.40. The van der Waals surface area contributed by atoms with Crippen LogP contribution in [0.15, 0.2) is 18.2 Å². The van der Waals surface area contributed by atoms with E-state index in [-0.39, 0.29) is 5.78 Å². The highest BCUT2D eigenvalue weighted by molar-refractivity contribution is 6.33. The Morgan fingerprint density at radius 3 is 2.81 bits per heavy atom. The molecule has 1 aromatic rings. The first-order valence-corrected chi connectivity index (χ1v) is 5.33. The third-order valence-corrected chi connectivity index (χ3v) is 3.21. The number of Topliss-reactive ketones (excluding diaryl/α,β-unsaturated/α-hetero) is 1. The molecule has 1 aliphatic heterocycles. The molecule has 4 heteroatoms. The molecule has 1 heterocycles. The van der Waals surface area contributed by atoms with E-state index in [1.807, 2.05) is 0 Å². The minimum Gasteiger partial charge on any atom is -0.447 e. The average Bonchev–Trinajstić information content (AvgIpc) is 2.16. The fourth-order valence-corrected chi connectivity index (χ4v) is 2.07. The van der Waals surface area contributed by atoms with Crippen LogP contribution < -0.4 is 0 Å². The number of carbonyl (C=O) groups is 2. The summed E-state index contributed by atoms with van der Waals surface area (Å²) in [4.78, 5) is 23.2. The highest BCUT2D eigenvalue weighted by atomic mass is 35.5. The van der Waals surface area contributed by atoms with Gasteiger partial charge in [-0.1, -0.05) is 23.7 Å². The molecule has 0 saturated heterocycles. The van der Waals surface area contributed by atoms with Gasteiger partial charge in [-0.25, -0.2) is 4.79 Å². The lowest BCUT2D eigenvalue weighted by atomic mass is 9.87. The number of fused-ring (bicyclic) bond motifs is 1. The van der Waals surface area contributed by atoms with Gasteiger partial charge in [-0.05, 0) is 25.5 Å². The van der Waals surface area contributed by atoms with E-state index < -0.39 is 11.6 Å². The van der Waals surface area contributed by atoms with Crippen LogP contribution in [0, 0.1) is 0 Å². The van der Waals surface area contributed by atoms with E-state index in [0.717, 1.165) is 5.56 Å². The molecule has 16 heavy (non-hydrogen) atoms. The standard InChI is InChI=1S/C12H11ClO3/c1-7(14)12(2)6-8-4-3-5-9(13)10(8)11(15)16-12/h3-5H,6H2,1-2H3. The van der Waals surface area contributed by atoms with Crippen LogP contribution in [-0.2, 0) is 16.0 Å².